The summed E-state index contributed by atoms with van der Waals surface area (Å²) in [5, 5.41) is 23.9. The molecular formula is C16H19N3O5. The Labute approximate surface area is 138 Å². The molecule has 8 nitrogen and oxygen atoms in total. The molecule has 0 aliphatic heterocycles. The summed E-state index contributed by atoms with van der Waals surface area (Å²) in [5.74, 6) is -4.25. The van der Waals surface area contributed by atoms with E-state index in [0.29, 0.717) is 5.69 Å². The minimum atomic E-state index is -1.62. The van der Waals surface area contributed by atoms with E-state index in [4.69, 9.17) is 5.73 Å². The smallest absolute Gasteiger partial charge is 0.324 e. The molecule has 2 saturated carbocycles. The van der Waals surface area contributed by atoms with Crippen LogP contribution in [0.5, 0.6) is 0 Å². The van der Waals surface area contributed by atoms with Gasteiger partial charge in [-0.25, -0.2) is 4.79 Å². The van der Waals surface area contributed by atoms with Crippen molar-refractivity contribution in [3.63, 3.8) is 0 Å². The number of aryl methyl sites for hydroxylation is 1. The summed E-state index contributed by atoms with van der Waals surface area (Å²) in [6, 6.07) is 6.12. The number of fused-ring (bicyclic) bond motifs is 1. The Morgan fingerprint density at radius 2 is 2.00 bits per heavy atom. The van der Waals surface area contributed by atoms with Crippen LogP contribution < -0.4 is 16.4 Å². The van der Waals surface area contributed by atoms with Gasteiger partial charge in [-0.15, -0.1) is 0 Å². The first-order chi connectivity index (χ1) is 11.2. The normalized spacial score (nSPS) is 33.4. The van der Waals surface area contributed by atoms with E-state index in [1.54, 1.807) is 18.2 Å². The Hall–Kier alpha value is -2.61. The summed E-state index contributed by atoms with van der Waals surface area (Å²) < 4.78 is 0. The van der Waals surface area contributed by atoms with Gasteiger partial charge in [0.2, 0.25) is 0 Å². The standard InChI is InChI=1S/C16H19N3O5/c1-7-3-2-4-8(5-7)18-15(24)19-9-6-16(17,14(22)23)12-10(9)11(12)13(20)21/h2-5,9-12H,6,17H2,1H3,(H,20,21)(H,22,23)(H2,18,19,24)/t9-,10-,11-,12-,16-/m0/s1. The third-order valence-electron chi connectivity index (χ3n) is 4.97. The van der Waals surface area contributed by atoms with Crippen LogP contribution in [0.2, 0.25) is 0 Å². The molecule has 0 saturated heterocycles. The zero-order valence-electron chi connectivity index (χ0n) is 13.0. The van der Waals surface area contributed by atoms with E-state index in [1.807, 2.05) is 13.0 Å². The van der Waals surface area contributed by atoms with Crippen LogP contribution in [0.1, 0.15) is 12.0 Å². The fourth-order valence-electron chi connectivity index (χ4n) is 3.89. The number of carbonyl (C=O) groups is 3. The van der Waals surface area contributed by atoms with Gasteiger partial charge in [-0.3, -0.25) is 9.59 Å². The zero-order chi connectivity index (χ0) is 17.6. The zero-order valence-corrected chi connectivity index (χ0v) is 13.0. The molecular weight excluding hydrogens is 314 g/mol. The average Bonchev–Trinajstić information content (AvgIpc) is 3.16. The van der Waals surface area contributed by atoms with Crippen LogP contribution in [0.4, 0.5) is 10.5 Å². The molecule has 2 fully saturated rings. The predicted octanol–water partition coefficient (Wildman–Crippen LogP) is 0.618. The number of urea groups is 1. The lowest BCUT2D eigenvalue weighted by molar-refractivity contribution is -0.145. The van der Waals surface area contributed by atoms with Crippen LogP contribution in [-0.4, -0.2) is 39.8 Å². The van der Waals surface area contributed by atoms with E-state index in [0.717, 1.165) is 5.56 Å². The molecule has 0 unspecified atom stereocenters. The highest BCUT2D eigenvalue weighted by Gasteiger charge is 2.74. The lowest BCUT2D eigenvalue weighted by Crippen LogP contribution is -2.52. The largest absolute Gasteiger partial charge is 0.481 e. The van der Waals surface area contributed by atoms with Crippen LogP contribution in [-0.2, 0) is 9.59 Å². The van der Waals surface area contributed by atoms with Crippen molar-refractivity contribution in [2.45, 2.75) is 24.9 Å². The van der Waals surface area contributed by atoms with Gasteiger partial charge < -0.3 is 26.6 Å². The molecule has 0 spiro atoms. The van der Waals surface area contributed by atoms with Gasteiger partial charge in [0.1, 0.15) is 5.54 Å². The molecule has 0 radical (unpaired) electrons. The fraction of sp³-hybridized carbons (Fsp3) is 0.438. The number of benzene rings is 1. The lowest BCUT2D eigenvalue weighted by atomic mass is 9.90. The summed E-state index contributed by atoms with van der Waals surface area (Å²) in [6.45, 7) is 1.89. The van der Waals surface area contributed by atoms with Crippen molar-refractivity contribution in [3.05, 3.63) is 29.8 Å². The molecule has 0 heterocycles. The van der Waals surface area contributed by atoms with E-state index >= 15 is 0 Å². The van der Waals surface area contributed by atoms with Crippen molar-refractivity contribution in [3.8, 4) is 0 Å². The minimum Gasteiger partial charge on any atom is -0.481 e. The molecule has 6 N–H and O–H groups in total. The molecule has 24 heavy (non-hydrogen) atoms. The first-order valence-electron chi connectivity index (χ1n) is 7.63. The number of hydrogen-bond acceptors (Lipinski definition) is 4. The summed E-state index contributed by atoms with van der Waals surface area (Å²) in [4.78, 5) is 34.9. The molecule has 1 aromatic carbocycles. The van der Waals surface area contributed by atoms with Gasteiger partial charge in [0.15, 0.2) is 0 Å². The van der Waals surface area contributed by atoms with Crippen molar-refractivity contribution in [1.82, 2.24) is 5.32 Å². The van der Waals surface area contributed by atoms with Gasteiger partial charge in [-0.1, -0.05) is 12.1 Å². The first-order valence-corrected chi connectivity index (χ1v) is 7.63. The molecule has 2 amide bonds. The predicted molar refractivity (Wildman–Crippen MR) is 84.4 cm³/mol. The fourth-order valence-corrected chi connectivity index (χ4v) is 3.89. The van der Waals surface area contributed by atoms with Crippen LogP contribution in [0.15, 0.2) is 24.3 Å². The van der Waals surface area contributed by atoms with Gasteiger partial charge in [0.05, 0.1) is 5.92 Å². The Morgan fingerprint density at radius 3 is 2.58 bits per heavy atom. The third-order valence-corrected chi connectivity index (χ3v) is 4.97. The first kappa shape index (κ1) is 16.3. The van der Waals surface area contributed by atoms with Crippen molar-refractivity contribution >= 4 is 23.7 Å². The number of hydrogen-bond donors (Lipinski definition) is 5. The SMILES string of the molecule is Cc1cccc(NC(=O)N[C@H]2C[C@@](N)(C(=O)O)[C@@H]3[C@@H](C(=O)O)[C@@H]32)c1. The highest BCUT2D eigenvalue weighted by Crippen LogP contribution is 2.61. The topological polar surface area (TPSA) is 142 Å². The molecule has 0 bridgehead atoms. The lowest BCUT2D eigenvalue weighted by Gasteiger charge is -2.25. The summed E-state index contributed by atoms with van der Waals surface area (Å²) in [7, 11) is 0. The molecule has 8 heteroatoms. The quantitative estimate of drug-likeness (QED) is 0.547. The molecule has 5 atom stereocenters. The van der Waals surface area contributed by atoms with E-state index in [-0.39, 0.29) is 6.42 Å². The number of carboxylic acid groups (broad SMARTS) is 2. The van der Waals surface area contributed by atoms with Gasteiger partial charge in [0.25, 0.3) is 0 Å². The number of nitrogens with one attached hydrogen (secondary N) is 2. The maximum atomic E-state index is 12.1. The Balaban J connectivity index is 1.70. The van der Waals surface area contributed by atoms with Crippen LogP contribution in [0.25, 0.3) is 0 Å². The van der Waals surface area contributed by atoms with Crippen LogP contribution in [0, 0.1) is 24.7 Å². The van der Waals surface area contributed by atoms with Crippen molar-refractivity contribution < 1.29 is 24.6 Å². The van der Waals surface area contributed by atoms with Crippen LogP contribution >= 0.6 is 0 Å². The van der Waals surface area contributed by atoms with Gasteiger partial charge in [0, 0.05) is 17.6 Å². The Kier molecular flexibility index (Phi) is 3.71. The Morgan fingerprint density at radius 1 is 1.29 bits per heavy atom. The molecule has 1 aromatic rings. The third kappa shape index (κ3) is 2.58. The van der Waals surface area contributed by atoms with E-state index < -0.39 is 47.3 Å². The number of rotatable bonds is 4. The average molecular weight is 333 g/mol. The molecule has 128 valence electrons. The van der Waals surface area contributed by atoms with Gasteiger partial charge in [-0.2, -0.15) is 0 Å². The van der Waals surface area contributed by atoms with Gasteiger partial charge >= 0.3 is 18.0 Å². The minimum absolute atomic E-state index is 0.0166. The van der Waals surface area contributed by atoms with Crippen molar-refractivity contribution in [2.75, 3.05) is 5.32 Å². The molecule has 0 aromatic heterocycles. The second-order valence-corrected chi connectivity index (χ2v) is 6.59. The number of nitrogens with two attached hydrogens (primary N) is 1. The van der Waals surface area contributed by atoms with E-state index in [9.17, 15) is 24.6 Å². The maximum absolute atomic E-state index is 12.1. The number of carbonyl (C=O) groups excluding carboxylic acids is 1. The van der Waals surface area contributed by atoms with E-state index in [1.165, 1.54) is 0 Å². The Bertz CT molecular complexity index is 721. The highest BCUT2D eigenvalue weighted by molar-refractivity contribution is 5.91. The summed E-state index contributed by atoms with van der Waals surface area (Å²) >= 11 is 0. The van der Waals surface area contributed by atoms with Crippen molar-refractivity contribution in [2.24, 2.45) is 23.5 Å². The molecule has 2 aliphatic rings. The monoisotopic (exact) mass is 333 g/mol. The number of aliphatic carboxylic acids is 2. The van der Waals surface area contributed by atoms with Crippen LogP contribution in [0.3, 0.4) is 0 Å². The second kappa shape index (κ2) is 5.48. The number of anilines is 1. The number of carboxylic acids is 2. The van der Waals surface area contributed by atoms with E-state index in [2.05, 4.69) is 10.6 Å². The molecule has 3 rings (SSSR count). The summed E-state index contributed by atoms with van der Waals surface area (Å²) in [6.07, 6.45) is 0.0166. The van der Waals surface area contributed by atoms with Gasteiger partial charge in [-0.05, 0) is 37.0 Å². The molecule has 2 aliphatic carbocycles. The maximum Gasteiger partial charge on any atom is 0.324 e. The highest BCUT2D eigenvalue weighted by atomic mass is 16.4. The number of amides is 2. The van der Waals surface area contributed by atoms with Crippen molar-refractivity contribution in [1.29, 1.82) is 0 Å². The summed E-state index contributed by atoms with van der Waals surface area (Å²) in [5.41, 5.74) is 5.89. The second-order valence-electron chi connectivity index (χ2n) is 6.59.